The Labute approximate surface area is 100 Å². The van der Waals surface area contributed by atoms with E-state index in [1.165, 1.54) is 38.5 Å². The zero-order valence-electron chi connectivity index (χ0n) is 10.9. The second-order valence-corrected chi connectivity index (χ2v) is 5.64. The van der Waals surface area contributed by atoms with Crippen LogP contribution in [0.15, 0.2) is 0 Å². The standard InChI is InChI=1S/C14H27NO/c1-3-15-13(12-8-9-12)10-16-14-7-5-4-6-11(14)2/h11-15H,3-10H2,1-2H3. The van der Waals surface area contributed by atoms with Gasteiger partial charge in [0.2, 0.25) is 0 Å². The molecule has 2 fully saturated rings. The molecule has 2 nitrogen and oxygen atoms in total. The lowest BCUT2D eigenvalue weighted by Crippen LogP contribution is -2.38. The van der Waals surface area contributed by atoms with E-state index in [2.05, 4.69) is 19.2 Å². The van der Waals surface area contributed by atoms with Gasteiger partial charge in [-0.05, 0) is 44.1 Å². The molecule has 0 aliphatic heterocycles. The van der Waals surface area contributed by atoms with E-state index in [0.717, 1.165) is 25.0 Å². The maximum Gasteiger partial charge on any atom is 0.0626 e. The minimum atomic E-state index is 0.536. The smallest absolute Gasteiger partial charge is 0.0626 e. The van der Waals surface area contributed by atoms with Crippen molar-refractivity contribution in [3.8, 4) is 0 Å². The largest absolute Gasteiger partial charge is 0.376 e. The van der Waals surface area contributed by atoms with E-state index in [1.54, 1.807) is 0 Å². The number of likely N-dealkylation sites (N-methyl/N-ethyl adjacent to an activating group) is 1. The van der Waals surface area contributed by atoms with Crippen molar-refractivity contribution in [3.05, 3.63) is 0 Å². The fraction of sp³-hybridized carbons (Fsp3) is 1.00. The Morgan fingerprint density at radius 2 is 1.94 bits per heavy atom. The summed E-state index contributed by atoms with van der Waals surface area (Å²) in [6.45, 7) is 6.56. The molecule has 2 heteroatoms. The number of hydrogen-bond acceptors (Lipinski definition) is 2. The van der Waals surface area contributed by atoms with Gasteiger partial charge in [-0.25, -0.2) is 0 Å². The van der Waals surface area contributed by atoms with Gasteiger partial charge in [0.05, 0.1) is 12.7 Å². The molecule has 2 saturated carbocycles. The van der Waals surface area contributed by atoms with Crippen molar-refractivity contribution >= 4 is 0 Å². The Balaban J connectivity index is 1.71. The van der Waals surface area contributed by atoms with E-state index in [4.69, 9.17) is 4.74 Å². The van der Waals surface area contributed by atoms with Gasteiger partial charge in [0.15, 0.2) is 0 Å². The summed E-state index contributed by atoms with van der Waals surface area (Å²) in [6.07, 6.45) is 8.76. The second-order valence-electron chi connectivity index (χ2n) is 5.64. The highest BCUT2D eigenvalue weighted by molar-refractivity contribution is 4.86. The van der Waals surface area contributed by atoms with Crippen molar-refractivity contribution in [1.82, 2.24) is 5.32 Å². The van der Waals surface area contributed by atoms with Crippen LogP contribution in [0.3, 0.4) is 0 Å². The Kier molecular flexibility index (Phi) is 4.66. The molecule has 16 heavy (non-hydrogen) atoms. The van der Waals surface area contributed by atoms with Gasteiger partial charge in [-0.3, -0.25) is 0 Å². The molecule has 0 aromatic carbocycles. The van der Waals surface area contributed by atoms with Crippen LogP contribution in [-0.2, 0) is 4.74 Å². The predicted molar refractivity (Wildman–Crippen MR) is 67.6 cm³/mol. The third kappa shape index (κ3) is 3.46. The van der Waals surface area contributed by atoms with Crippen LogP contribution in [0.2, 0.25) is 0 Å². The SMILES string of the molecule is CCNC(COC1CCCCC1C)C1CC1. The van der Waals surface area contributed by atoms with Gasteiger partial charge in [-0.15, -0.1) is 0 Å². The zero-order chi connectivity index (χ0) is 11.4. The van der Waals surface area contributed by atoms with Gasteiger partial charge in [-0.1, -0.05) is 26.7 Å². The first-order valence-electron chi connectivity index (χ1n) is 7.16. The van der Waals surface area contributed by atoms with Crippen molar-refractivity contribution in [2.45, 2.75) is 64.5 Å². The molecule has 1 N–H and O–H groups in total. The van der Waals surface area contributed by atoms with E-state index in [9.17, 15) is 0 Å². The van der Waals surface area contributed by atoms with E-state index < -0.39 is 0 Å². The maximum absolute atomic E-state index is 6.15. The second kappa shape index (κ2) is 6.02. The fourth-order valence-corrected chi connectivity index (χ4v) is 2.88. The molecule has 0 spiro atoms. The molecule has 0 radical (unpaired) electrons. The highest BCUT2D eigenvalue weighted by atomic mass is 16.5. The van der Waals surface area contributed by atoms with Crippen molar-refractivity contribution in [1.29, 1.82) is 0 Å². The van der Waals surface area contributed by atoms with Crippen LogP contribution < -0.4 is 5.32 Å². The number of nitrogens with one attached hydrogen (secondary N) is 1. The predicted octanol–water partition coefficient (Wildman–Crippen LogP) is 2.97. The average molecular weight is 225 g/mol. The summed E-state index contributed by atoms with van der Waals surface area (Å²) in [5.74, 6) is 1.68. The maximum atomic E-state index is 6.15. The first-order valence-corrected chi connectivity index (χ1v) is 7.16. The van der Waals surface area contributed by atoms with Crippen molar-refractivity contribution in [2.75, 3.05) is 13.2 Å². The molecule has 2 aliphatic carbocycles. The van der Waals surface area contributed by atoms with E-state index in [-0.39, 0.29) is 0 Å². The minimum absolute atomic E-state index is 0.536. The van der Waals surface area contributed by atoms with E-state index >= 15 is 0 Å². The Hall–Kier alpha value is -0.0800. The van der Waals surface area contributed by atoms with Crippen molar-refractivity contribution in [2.24, 2.45) is 11.8 Å². The normalized spacial score (nSPS) is 32.6. The number of rotatable bonds is 6. The van der Waals surface area contributed by atoms with Crippen LogP contribution >= 0.6 is 0 Å². The fourth-order valence-electron chi connectivity index (χ4n) is 2.88. The molecule has 0 saturated heterocycles. The van der Waals surface area contributed by atoms with Crippen molar-refractivity contribution < 1.29 is 4.74 Å². The lowest BCUT2D eigenvalue weighted by molar-refractivity contribution is -0.0171. The van der Waals surface area contributed by atoms with E-state index in [1.807, 2.05) is 0 Å². The highest BCUT2D eigenvalue weighted by Gasteiger charge is 2.32. The van der Waals surface area contributed by atoms with Crippen LogP contribution in [0.1, 0.15) is 52.4 Å². The Morgan fingerprint density at radius 3 is 2.56 bits per heavy atom. The molecule has 3 unspecified atom stereocenters. The van der Waals surface area contributed by atoms with Gasteiger partial charge in [0.25, 0.3) is 0 Å². The van der Waals surface area contributed by atoms with Crippen LogP contribution in [-0.4, -0.2) is 25.3 Å². The van der Waals surface area contributed by atoms with Crippen LogP contribution in [0.5, 0.6) is 0 Å². The van der Waals surface area contributed by atoms with Gasteiger partial charge in [0.1, 0.15) is 0 Å². The molecular formula is C14H27NO. The van der Waals surface area contributed by atoms with Crippen LogP contribution in [0, 0.1) is 11.8 Å². The minimum Gasteiger partial charge on any atom is -0.376 e. The van der Waals surface area contributed by atoms with Crippen molar-refractivity contribution in [3.63, 3.8) is 0 Å². The molecule has 3 atom stereocenters. The highest BCUT2D eigenvalue weighted by Crippen LogP contribution is 2.33. The molecule has 0 bridgehead atoms. The summed E-state index contributed by atoms with van der Waals surface area (Å²) in [4.78, 5) is 0. The molecular weight excluding hydrogens is 198 g/mol. The van der Waals surface area contributed by atoms with Gasteiger partial charge < -0.3 is 10.1 Å². The summed E-state index contributed by atoms with van der Waals surface area (Å²) in [7, 11) is 0. The molecule has 0 amide bonds. The summed E-state index contributed by atoms with van der Waals surface area (Å²) in [5.41, 5.74) is 0. The lowest BCUT2D eigenvalue weighted by Gasteiger charge is -2.30. The first-order chi connectivity index (χ1) is 7.81. The van der Waals surface area contributed by atoms with Crippen LogP contribution in [0.25, 0.3) is 0 Å². The van der Waals surface area contributed by atoms with Gasteiger partial charge >= 0.3 is 0 Å². The molecule has 0 aromatic rings. The Bertz CT molecular complexity index is 199. The number of hydrogen-bond donors (Lipinski definition) is 1. The Morgan fingerprint density at radius 1 is 1.19 bits per heavy atom. The zero-order valence-corrected chi connectivity index (χ0v) is 10.9. The molecule has 2 rings (SSSR count). The summed E-state index contributed by atoms with van der Waals surface area (Å²) in [5, 5.41) is 3.57. The molecule has 2 aliphatic rings. The lowest BCUT2D eigenvalue weighted by atomic mass is 9.88. The quantitative estimate of drug-likeness (QED) is 0.750. The monoisotopic (exact) mass is 225 g/mol. The third-order valence-electron chi connectivity index (χ3n) is 4.18. The number of ether oxygens (including phenoxy) is 1. The van der Waals surface area contributed by atoms with E-state index in [0.29, 0.717) is 12.1 Å². The topological polar surface area (TPSA) is 21.3 Å². The molecule has 0 aromatic heterocycles. The summed E-state index contributed by atoms with van der Waals surface area (Å²) in [6, 6.07) is 0.624. The average Bonchev–Trinajstić information content (AvgIpc) is 3.10. The summed E-state index contributed by atoms with van der Waals surface area (Å²) < 4.78 is 6.15. The summed E-state index contributed by atoms with van der Waals surface area (Å²) >= 11 is 0. The van der Waals surface area contributed by atoms with Gasteiger partial charge in [-0.2, -0.15) is 0 Å². The van der Waals surface area contributed by atoms with Crippen LogP contribution in [0.4, 0.5) is 0 Å². The third-order valence-corrected chi connectivity index (χ3v) is 4.18. The first kappa shape index (κ1) is 12.4. The van der Waals surface area contributed by atoms with Gasteiger partial charge in [0, 0.05) is 6.04 Å². The molecule has 94 valence electrons. The molecule has 0 heterocycles.